The molecule has 42 heavy (non-hydrogen) atoms. The molecule has 0 aromatic heterocycles. The zero-order valence-corrected chi connectivity index (χ0v) is 25.0. The summed E-state index contributed by atoms with van der Waals surface area (Å²) in [6.45, 7) is 0.748. The van der Waals surface area contributed by atoms with Crippen molar-refractivity contribution in [3.05, 3.63) is 102 Å². The van der Waals surface area contributed by atoms with Crippen molar-refractivity contribution in [3.63, 3.8) is 0 Å². The Morgan fingerprint density at radius 2 is 1.55 bits per heavy atom. The summed E-state index contributed by atoms with van der Waals surface area (Å²) in [5.41, 5.74) is 2.42. The minimum atomic E-state index is -3.75. The molecule has 2 atom stereocenters. The lowest BCUT2D eigenvalue weighted by molar-refractivity contribution is -0.141. The summed E-state index contributed by atoms with van der Waals surface area (Å²) >= 11 is 0. The molecule has 0 radical (unpaired) electrons. The number of sulfonamides is 1. The number of carbonyl (C=O) groups is 2. The van der Waals surface area contributed by atoms with Gasteiger partial charge in [0.05, 0.1) is 26.0 Å². The Balaban J connectivity index is 1.65. The molecule has 3 aromatic rings. The lowest BCUT2D eigenvalue weighted by Crippen LogP contribution is -2.53. The molecule has 9 nitrogen and oxygen atoms in total. The SMILES string of the molecule is COc1ccc(CN(C(=O)CN(Cc2ccccc2)S(C)(=O)=O)[C@@H](Cc2ccccc2)C(=O)NC[C@H]2CCCO2)cc1. The topological polar surface area (TPSA) is 105 Å². The number of rotatable bonds is 14. The maximum absolute atomic E-state index is 14.1. The van der Waals surface area contributed by atoms with Gasteiger partial charge in [-0.05, 0) is 41.7 Å². The van der Waals surface area contributed by atoms with Gasteiger partial charge in [0.25, 0.3) is 0 Å². The standard InChI is InChI=1S/C32H39N3O6S/c1-40-28-17-15-27(16-18-28)23-35(31(36)24-34(42(2,38)39)22-26-12-7-4-8-13-26)30(20-25-10-5-3-6-11-25)32(37)33-21-29-14-9-19-41-29/h3-8,10-13,15-18,29-30H,9,14,19-24H2,1-2H3,(H,33,37)/t29-,30+/m1/s1. The molecular weight excluding hydrogens is 554 g/mol. The number of nitrogens with zero attached hydrogens (tertiary/aromatic N) is 2. The van der Waals surface area contributed by atoms with Gasteiger partial charge in [-0.2, -0.15) is 4.31 Å². The van der Waals surface area contributed by atoms with Crippen LogP contribution in [0.2, 0.25) is 0 Å². The van der Waals surface area contributed by atoms with E-state index in [1.807, 2.05) is 72.8 Å². The largest absolute Gasteiger partial charge is 0.497 e. The summed E-state index contributed by atoms with van der Waals surface area (Å²) in [6, 6.07) is 25.0. The van der Waals surface area contributed by atoms with E-state index in [0.717, 1.165) is 40.1 Å². The molecule has 0 bridgehead atoms. The second-order valence-corrected chi connectivity index (χ2v) is 12.5. The average molecular weight is 594 g/mol. The highest BCUT2D eigenvalue weighted by molar-refractivity contribution is 7.88. The Labute approximate surface area is 248 Å². The van der Waals surface area contributed by atoms with E-state index in [-0.39, 0.29) is 31.5 Å². The second-order valence-electron chi connectivity index (χ2n) is 10.5. The number of methoxy groups -OCH3 is 1. The lowest BCUT2D eigenvalue weighted by Gasteiger charge is -2.33. The third-order valence-electron chi connectivity index (χ3n) is 7.29. The number of hydrogen-bond acceptors (Lipinski definition) is 6. The number of ether oxygens (including phenoxy) is 2. The zero-order chi connectivity index (χ0) is 30.0. The van der Waals surface area contributed by atoms with Crippen molar-refractivity contribution in [2.75, 3.05) is 33.1 Å². The van der Waals surface area contributed by atoms with Gasteiger partial charge >= 0.3 is 0 Å². The highest BCUT2D eigenvalue weighted by Crippen LogP contribution is 2.19. The molecule has 1 aliphatic rings. The highest BCUT2D eigenvalue weighted by Gasteiger charge is 2.33. The van der Waals surface area contributed by atoms with Crippen molar-refractivity contribution in [2.45, 2.75) is 44.5 Å². The number of amides is 2. The molecule has 0 saturated carbocycles. The zero-order valence-electron chi connectivity index (χ0n) is 24.1. The minimum Gasteiger partial charge on any atom is -0.497 e. The predicted molar refractivity (Wildman–Crippen MR) is 161 cm³/mol. The van der Waals surface area contributed by atoms with E-state index in [2.05, 4.69) is 5.32 Å². The third kappa shape index (κ3) is 9.14. The lowest BCUT2D eigenvalue weighted by atomic mass is 10.0. The minimum absolute atomic E-state index is 0.0381. The van der Waals surface area contributed by atoms with Crippen LogP contribution in [-0.2, 0) is 43.9 Å². The molecule has 1 heterocycles. The van der Waals surface area contributed by atoms with E-state index >= 15 is 0 Å². The molecule has 4 rings (SSSR count). The van der Waals surface area contributed by atoms with Crippen molar-refractivity contribution in [2.24, 2.45) is 0 Å². The smallest absolute Gasteiger partial charge is 0.243 e. The summed E-state index contributed by atoms with van der Waals surface area (Å²) < 4.78 is 37.8. The van der Waals surface area contributed by atoms with Crippen LogP contribution in [0, 0.1) is 0 Å². The number of nitrogens with one attached hydrogen (secondary N) is 1. The molecule has 2 amide bonds. The van der Waals surface area contributed by atoms with E-state index < -0.39 is 28.5 Å². The van der Waals surface area contributed by atoms with Crippen LogP contribution in [0.25, 0.3) is 0 Å². The molecule has 10 heteroatoms. The highest BCUT2D eigenvalue weighted by atomic mass is 32.2. The van der Waals surface area contributed by atoms with Crippen LogP contribution < -0.4 is 10.1 Å². The van der Waals surface area contributed by atoms with Gasteiger partial charge in [-0.1, -0.05) is 72.8 Å². The first kappa shape index (κ1) is 31.2. The van der Waals surface area contributed by atoms with Gasteiger partial charge in [-0.15, -0.1) is 0 Å². The van der Waals surface area contributed by atoms with Crippen molar-refractivity contribution in [1.82, 2.24) is 14.5 Å². The van der Waals surface area contributed by atoms with Gasteiger partial charge in [0.15, 0.2) is 0 Å². The third-order valence-corrected chi connectivity index (χ3v) is 8.49. The quantitative estimate of drug-likeness (QED) is 0.307. The molecule has 224 valence electrons. The van der Waals surface area contributed by atoms with Gasteiger partial charge in [0.2, 0.25) is 21.8 Å². The van der Waals surface area contributed by atoms with Crippen LogP contribution in [0.5, 0.6) is 5.75 Å². The van der Waals surface area contributed by atoms with Crippen LogP contribution in [-0.4, -0.2) is 74.6 Å². The normalized spacial score (nSPS) is 15.7. The fourth-order valence-corrected chi connectivity index (χ4v) is 5.67. The second kappa shape index (κ2) is 14.9. The van der Waals surface area contributed by atoms with Crippen LogP contribution in [0.1, 0.15) is 29.5 Å². The van der Waals surface area contributed by atoms with Crippen LogP contribution in [0.4, 0.5) is 0 Å². The van der Waals surface area contributed by atoms with E-state index in [1.54, 1.807) is 19.2 Å². The van der Waals surface area contributed by atoms with Gasteiger partial charge < -0.3 is 19.7 Å². The molecule has 1 saturated heterocycles. The number of benzene rings is 3. The Kier molecular flexibility index (Phi) is 11.1. The average Bonchev–Trinajstić information content (AvgIpc) is 3.52. The summed E-state index contributed by atoms with van der Waals surface area (Å²) in [6.07, 6.45) is 3.09. The number of carbonyl (C=O) groups excluding carboxylic acids is 2. The molecule has 0 spiro atoms. The molecule has 0 unspecified atom stereocenters. The van der Waals surface area contributed by atoms with Crippen molar-refractivity contribution in [1.29, 1.82) is 0 Å². The summed E-state index contributed by atoms with van der Waals surface area (Å²) in [5, 5.41) is 3.00. The monoisotopic (exact) mass is 593 g/mol. The van der Waals surface area contributed by atoms with Crippen LogP contribution in [0.15, 0.2) is 84.9 Å². The van der Waals surface area contributed by atoms with Gasteiger partial charge in [0.1, 0.15) is 11.8 Å². The predicted octanol–water partition coefficient (Wildman–Crippen LogP) is 3.39. The summed E-state index contributed by atoms with van der Waals surface area (Å²) in [4.78, 5) is 29.4. The van der Waals surface area contributed by atoms with Crippen molar-refractivity contribution in [3.8, 4) is 5.75 Å². The first-order valence-electron chi connectivity index (χ1n) is 14.1. The Morgan fingerprint density at radius 1 is 0.929 bits per heavy atom. The summed E-state index contributed by atoms with van der Waals surface area (Å²) in [7, 11) is -2.17. The molecule has 1 fully saturated rings. The molecule has 1 N–H and O–H groups in total. The molecule has 3 aromatic carbocycles. The van der Waals surface area contributed by atoms with Gasteiger partial charge in [0, 0.05) is 32.7 Å². The first-order chi connectivity index (χ1) is 20.2. The van der Waals surface area contributed by atoms with E-state index in [4.69, 9.17) is 9.47 Å². The van der Waals surface area contributed by atoms with Gasteiger partial charge in [-0.25, -0.2) is 8.42 Å². The van der Waals surface area contributed by atoms with E-state index in [1.165, 1.54) is 4.90 Å². The van der Waals surface area contributed by atoms with Crippen molar-refractivity contribution < 1.29 is 27.5 Å². The van der Waals surface area contributed by atoms with E-state index in [0.29, 0.717) is 18.9 Å². The number of hydrogen-bond donors (Lipinski definition) is 1. The van der Waals surface area contributed by atoms with E-state index in [9.17, 15) is 18.0 Å². The van der Waals surface area contributed by atoms with Gasteiger partial charge in [-0.3, -0.25) is 9.59 Å². The maximum Gasteiger partial charge on any atom is 0.243 e. The first-order valence-corrected chi connectivity index (χ1v) is 15.9. The molecular formula is C32H39N3O6S. The van der Waals surface area contributed by atoms with Crippen LogP contribution >= 0.6 is 0 Å². The fraction of sp³-hybridized carbons (Fsp3) is 0.375. The molecule has 1 aliphatic heterocycles. The Morgan fingerprint density at radius 3 is 2.12 bits per heavy atom. The molecule has 0 aliphatic carbocycles. The Bertz CT molecular complexity index is 1400. The van der Waals surface area contributed by atoms with Crippen LogP contribution in [0.3, 0.4) is 0 Å². The Hall–Kier alpha value is -3.73. The maximum atomic E-state index is 14.1. The summed E-state index contributed by atoms with van der Waals surface area (Å²) in [5.74, 6) is -0.122. The van der Waals surface area contributed by atoms with Crippen molar-refractivity contribution >= 4 is 21.8 Å². The fourth-order valence-electron chi connectivity index (χ4n) is 4.94.